The predicted octanol–water partition coefficient (Wildman–Crippen LogP) is 3.72. The van der Waals surface area contributed by atoms with Crippen LogP contribution in [0.2, 0.25) is 5.02 Å². The van der Waals surface area contributed by atoms with Crippen molar-refractivity contribution in [3.05, 3.63) is 47.4 Å². The van der Waals surface area contributed by atoms with Gasteiger partial charge in [0, 0.05) is 19.1 Å². The highest BCUT2D eigenvalue weighted by Gasteiger charge is 2.21. The molecule has 0 aliphatic rings. The Morgan fingerprint density at radius 3 is 2.83 bits per heavy atom. The summed E-state index contributed by atoms with van der Waals surface area (Å²) >= 11 is 6.06. The van der Waals surface area contributed by atoms with E-state index in [4.69, 9.17) is 11.6 Å². The quantitative estimate of drug-likeness (QED) is 0.876. The molecule has 1 unspecified atom stereocenters. The topological polar surface area (TPSA) is 58.1 Å². The van der Waals surface area contributed by atoms with Crippen LogP contribution in [0.15, 0.2) is 36.8 Å². The summed E-state index contributed by atoms with van der Waals surface area (Å²) in [5.41, 5.74) is 1.52. The first-order valence-corrected chi connectivity index (χ1v) is 7.94. The lowest BCUT2D eigenvalue weighted by Gasteiger charge is -2.20. The fourth-order valence-electron chi connectivity index (χ4n) is 2.45. The van der Waals surface area contributed by atoms with Crippen molar-refractivity contribution in [2.45, 2.75) is 25.7 Å². The maximum Gasteiger partial charge on any atom is 0.232 e. The number of carbonyl (C=O) groups is 1. The third-order valence-corrected chi connectivity index (χ3v) is 3.75. The van der Waals surface area contributed by atoms with Crippen molar-refractivity contribution in [1.29, 1.82) is 0 Å². The molecule has 1 heterocycles. The molecule has 0 bridgehead atoms. The number of aromatic nitrogens is 2. The Morgan fingerprint density at radius 1 is 1.39 bits per heavy atom. The van der Waals surface area contributed by atoms with Crippen LogP contribution < -0.4 is 10.2 Å². The maximum atomic E-state index is 12.8. The molecule has 5 nitrogen and oxygen atoms in total. The number of rotatable bonds is 6. The Kier molecular flexibility index (Phi) is 5.93. The van der Waals surface area contributed by atoms with Gasteiger partial charge >= 0.3 is 0 Å². The molecule has 0 saturated carbocycles. The molecule has 6 heteroatoms. The van der Waals surface area contributed by atoms with Crippen LogP contribution in [-0.2, 0) is 4.79 Å². The Labute approximate surface area is 141 Å². The highest BCUT2D eigenvalue weighted by Crippen LogP contribution is 2.27. The minimum Gasteiger partial charge on any atom is -0.361 e. The first-order valence-electron chi connectivity index (χ1n) is 7.56. The van der Waals surface area contributed by atoms with Crippen LogP contribution in [0.1, 0.15) is 31.2 Å². The number of halogens is 1. The van der Waals surface area contributed by atoms with Gasteiger partial charge in [0.05, 0.1) is 12.1 Å². The molecule has 1 aromatic carbocycles. The van der Waals surface area contributed by atoms with Gasteiger partial charge < -0.3 is 10.2 Å². The van der Waals surface area contributed by atoms with Gasteiger partial charge in [0.1, 0.15) is 12.0 Å². The van der Waals surface area contributed by atoms with E-state index >= 15 is 0 Å². The van der Waals surface area contributed by atoms with Crippen molar-refractivity contribution in [2.24, 2.45) is 0 Å². The molecule has 1 aromatic heterocycles. The van der Waals surface area contributed by atoms with E-state index in [-0.39, 0.29) is 11.8 Å². The average Bonchev–Trinajstić information content (AvgIpc) is 2.52. The molecule has 0 saturated heterocycles. The molecule has 2 aromatic rings. The van der Waals surface area contributed by atoms with Crippen LogP contribution in [0.3, 0.4) is 0 Å². The molecule has 0 aliphatic heterocycles. The summed E-state index contributed by atoms with van der Waals surface area (Å²) in [5.74, 6) is 0.343. The minimum atomic E-state index is -0.256. The highest BCUT2D eigenvalue weighted by atomic mass is 35.5. The largest absolute Gasteiger partial charge is 0.361 e. The summed E-state index contributed by atoms with van der Waals surface area (Å²) in [7, 11) is 3.75. The van der Waals surface area contributed by atoms with Crippen molar-refractivity contribution in [1.82, 2.24) is 9.97 Å². The summed E-state index contributed by atoms with van der Waals surface area (Å²) in [6, 6.07) is 7.45. The first kappa shape index (κ1) is 17.2. The van der Waals surface area contributed by atoms with E-state index in [1.165, 1.54) is 6.33 Å². The van der Waals surface area contributed by atoms with Crippen LogP contribution in [-0.4, -0.2) is 30.0 Å². The molecule has 0 radical (unpaired) electrons. The van der Waals surface area contributed by atoms with E-state index in [9.17, 15) is 4.79 Å². The Balaban J connectivity index is 2.26. The van der Waals surface area contributed by atoms with Crippen LogP contribution >= 0.6 is 11.6 Å². The normalized spacial score (nSPS) is 11.8. The molecule has 0 aliphatic carbocycles. The lowest BCUT2D eigenvalue weighted by Crippen LogP contribution is -2.23. The third-order valence-electron chi connectivity index (χ3n) is 3.52. The van der Waals surface area contributed by atoms with E-state index in [0.29, 0.717) is 16.5 Å². The maximum absolute atomic E-state index is 12.8. The summed E-state index contributed by atoms with van der Waals surface area (Å²) in [6.07, 6.45) is 4.72. The number of nitrogens with one attached hydrogen (secondary N) is 1. The zero-order chi connectivity index (χ0) is 16.8. The van der Waals surface area contributed by atoms with Crippen LogP contribution in [0.25, 0.3) is 0 Å². The van der Waals surface area contributed by atoms with Gasteiger partial charge in [-0.3, -0.25) is 4.79 Å². The summed E-state index contributed by atoms with van der Waals surface area (Å²) < 4.78 is 0. The number of hydrogen-bond donors (Lipinski definition) is 1. The molecule has 1 atom stereocenters. The van der Waals surface area contributed by atoms with Crippen LogP contribution in [0.5, 0.6) is 0 Å². The van der Waals surface area contributed by atoms with Gasteiger partial charge in [-0.15, -0.1) is 0 Å². The highest BCUT2D eigenvalue weighted by molar-refractivity contribution is 6.30. The fraction of sp³-hybridized carbons (Fsp3) is 0.353. The second-order valence-electron chi connectivity index (χ2n) is 5.54. The smallest absolute Gasteiger partial charge is 0.232 e. The predicted molar refractivity (Wildman–Crippen MR) is 94.1 cm³/mol. The fourth-order valence-corrected chi connectivity index (χ4v) is 2.65. The summed E-state index contributed by atoms with van der Waals surface area (Å²) in [5, 5.41) is 3.58. The van der Waals surface area contributed by atoms with Gasteiger partial charge in [-0.05, 0) is 24.1 Å². The zero-order valence-electron chi connectivity index (χ0n) is 13.6. The lowest BCUT2D eigenvalue weighted by molar-refractivity contribution is -0.117. The molecule has 122 valence electrons. The van der Waals surface area contributed by atoms with Crippen molar-refractivity contribution < 1.29 is 4.79 Å². The number of nitrogens with zero attached hydrogens (tertiary/aromatic N) is 3. The number of hydrogen-bond acceptors (Lipinski definition) is 4. The standard InChI is InChI=1S/C17H21ClN4O/c1-4-6-14(12-7-5-8-13(18)9-12)17(23)21-15-10-19-11-20-16(15)22(2)3/h5,7-11,14H,4,6H2,1-3H3,(H,21,23). The lowest BCUT2D eigenvalue weighted by atomic mass is 9.93. The van der Waals surface area contributed by atoms with Crippen molar-refractivity contribution in [3.63, 3.8) is 0 Å². The van der Waals surface area contributed by atoms with E-state index in [0.717, 1.165) is 18.4 Å². The Bertz CT molecular complexity index is 675. The monoisotopic (exact) mass is 332 g/mol. The van der Waals surface area contributed by atoms with E-state index in [1.54, 1.807) is 12.3 Å². The number of amides is 1. The van der Waals surface area contributed by atoms with Crippen LogP contribution in [0.4, 0.5) is 11.5 Å². The van der Waals surface area contributed by atoms with Gasteiger partial charge in [-0.1, -0.05) is 37.1 Å². The van der Waals surface area contributed by atoms with Crippen molar-refractivity contribution in [2.75, 3.05) is 24.3 Å². The van der Waals surface area contributed by atoms with E-state index in [1.807, 2.05) is 37.2 Å². The third kappa shape index (κ3) is 4.42. The minimum absolute atomic E-state index is 0.0768. The Hall–Kier alpha value is -2.14. The van der Waals surface area contributed by atoms with Gasteiger partial charge in [0.25, 0.3) is 0 Å². The SMILES string of the molecule is CCCC(C(=O)Nc1cncnc1N(C)C)c1cccc(Cl)c1. The number of benzene rings is 1. The van der Waals surface area contributed by atoms with E-state index < -0.39 is 0 Å². The van der Waals surface area contributed by atoms with Crippen LogP contribution in [0, 0.1) is 0 Å². The van der Waals surface area contributed by atoms with Gasteiger partial charge in [-0.2, -0.15) is 0 Å². The zero-order valence-corrected chi connectivity index (χ0v) is 14.3. The van der Waals surface area contributed by atoms with Gasteiger partial charge in [0.2, 0.25) is 5.91 Å². The van der Waals surface area contributed by atoms with Gasteiger partial charge in [-0.25, -0.2) is 9.97 Å². The van der Waals surface area contributed by atoms with Gasteiger partial charge in [0.15, 0.2) is 5.82 Å². The Morgan fingerprint density at radius 2 is 2.17 bits per heavy atom. The summed E-state index contributed by atoms with van der Waals surface area (Å²) in [6.45, 7) is 2.06. The molecule has 1 N–H and O–H groups in total. The van der Waals surface area contributed by atoms with Crippen molar-refractivity contribution >= 4 is 29.0 Å². The average molecular weight is 333 g/mol. The molecule has 2 rings (SSSR count). The molecule has 0 spiro atoms. The first-order chi connectivity index (χ1) is 11.0. The number of anilines is 2. The number of carbonyl (C=O) groups excluding carboxylic acids is 1. The van der Waals surface area contributed by atoms with E-state index in [2.05, 4.69) is 22.2 Å². The molecule has 23 heavy (non-hydrogen) atoms. The summed E-state index contributed by atoms with van der Waals surface area (Å²) in [4.78, 5) is 22.8. The second kappa shape index (κ2) is 7.92. The molecule has 0 fully saturated rings. The molecular weight excluding hydrogens is 312 g/mol. The molecule has 1 amide bonds. The van der Waals surface area contributed by atoms with Crippen molar-refractivity contribution in [3.8, 4) is 0 Å². The molecular formula is C17H21ClN4O. The second-order valence-corrected chi connectivity index (χ2v) is 5.98.